The lowest BCUT2D eigenvalue weighted by Crippen LogP contribution is -2.42. The van der Waals surface area contributed by atoms with Crippen LogP contribution in [0.1, 0.15) is 18.4 Å². The largest absolute Gasteiger partial charge is 0.416 e. The SMILES string of the molecule is O=C(Oc1ccccc1)N1CCC(CNS(=O)(=O)c2cccc(C(F)(F)F)c2)CC1. The van der Waals surface area contributed by atoms with E-state index in [-0.39, 0.29) is 12.5 Å². The molecule has 1 N–H and O–H groups in total. The molecule has 0 spiro atoms. The molecule has 10 heteroatoms. The van der Waals surface area contributed by atoms with Crippen LogP contribution in [0, 0.1) is 5.92 Å². The minimum atomic E-state index is -4.62. The number of amides is 1. The smallest absolute Gasteiger partial charge is 0.410 e. The van der Waals surface area contributed by atoms with E-state index in [9.17, 15) is 26.4 Å². The van der Waals surface area contributed by atoms with Crippen molar-refractivity contribution in [3.05, 3.63) is 60.2 Å². The van der Waals surface area contributed by atoms with Crippen LogP contribution in [0.15, 0.2) is 59.5 Å². The maximum Gasteiger partial charge on any atom is 0.416 e. The van der Waals surface area contributed by atoms with Crippen molar-refractivity contribution in [2.45, 2.75) is 23.9 Å². The van der Waals surface area contributed by atoms with Crippen molar-refractivity contribution >= 4 is 16.1 Å². The number of ether oxygens (including phenoxy) is 1. The fourth-order valence-electron chi connectivity index (χ4n) is 3.12. The van der Waals surface area contributed by atoms with Crippen molar-refractivity contribution < 1.29 is 31.1 Å². The number of rotatable bonds is 5. The standard InChI is InChI=1S/C20H21F3N2O4S/c21-20(22,23)16-5-4-8-18(13-16)30(27,28)24-14-15-9-11-25(12-10-15)19(26)29-17-6-2-1-3-7-17/h1-8,13,15,24H,9-12,14H2. The molecule has 30 heavy (non-hydrogen) atoms. The first kappa shape index (κ1) is 22.1. The summed E-state index contributed by atoms with van der Waals surface area (Å²) >= 11 is 0. The molecule has 1 aliphatic heterocycles. The van der Waals surface area contributed by atoms with Crippen LogP contribution in [-0.2, 0) is 16.2 Å². The van der Waals surface area contributed by atoms with Gasteiger partial charge in [0.2, 0.25) is 10.0 Å². The van der Waals surface area contributed by atoms with E-state index in [0.717, 1.165) is 18.2 Å². The fourth-order valence-corrected chi connectivity index (χ4v) is 4.29. The predicted molar refractivity (Wildman–Crippen MR) is 103 cm³/mol. The van der Waals surface area contributed by atoms with Gasteiger partial charge in [-0.3, -0.25) is 0 Å². The van der Waals surface area contributed by atoms with Crippen LogP contribution in [0.5, 0.6) is 5.75 Å². The zero-order valence-corrected chi connectivity index (χ0v) is 16.7. The van der Waals surface area contributed by atoms with Crippen molar-refractivity contribution in [1.82, 2.24) is 9.62 Å². The summed E-state index contributed by atoms with van der Waals surface area (Å²) in [5, 5.41) is 0. The molecule has 0 saturated carbocycles. The highest BCUT2D eigenvalue weighted by Gasteiger charge is 2.32. The first-order valence-corrected chi connectivity index (χ1v) is 10.8. The van der Waals surface area contributed by atoms with Crippen molar-refractivity contribution in [2.75, 3.05) is 19.6 Å². The number of hydrogen-bond acceptors (Lipinski definition) is 4. The molecule has 6 nitrogen and oxygen atoms in total. The second kappa shape index (κ2) is 9.05. The van der Waals surface area contributed by atoms with E-state index in [4.69, 9.17) is 4.74 Å². The van der Waals surface area contributed by atoms with Crippen molar-refractivity contribution in [3.63, 3.8) is 0 Å². The van der Waals surface area contributed by atoms with Gasteiger partial charge < -0.3 is 9.64 Å². The van der Waals surface area contributed by atoms with Gasteiger partial charge in [0, 0.05) is 19.6 Å². The number of benzene rings is 2. The highest BCUT2D eigenvalue weighted by molar-refractivity contribution is 7.89. The van der Waals surface area contributed by atoms with Gasteiger partial charge in [-0.05, 0) is 49.1 Å². The third-order valence-electron chi connectivity index (χ3n) is 4.85. The lowest BCUT2D eigenvalue weighted by molar-refractivity contribution is -0.137. The Kier molecular flexibility index (Phi) is 6.67. The molecule has 1 saturated heterocycles. The van der Waals surface area contributed by atoms with E-state index in [1.807, 2.05) is 6.07 Å². The zero-order valence-electron chi connectivity index (χ0n) is 15.9. The normalized spacial score (nSPS) is 15.8. The summed E-state index contributed by atoms with van der Waals surface area (Å²) in [4.78, 5) is 13.3. The van der Waals surface area contributed by atoms with E-state index in [0.29, 0.717) is 37.7 Å². The van der Waals surface area contributed by atoms with E-state index in [2.05, 4.69) is 4.72 Å². The Hall–Kier alpha value is -2.59. The monoisotopic (exact) mass is 442 g/mol. The molecule has 0 bridgehead atoms. The molecule has 0 aliphatic carbocycles. The van der Waals surface area contributed by atoms with Crippen LogP contribution in [0.2, 0.25) is 0 Å². The minimum Gasteiger partial charge on any atom is -0.410 e. The van der Waals surface area contributed by atoms with Crippen molar-refractivity contribution in [3.8, 4) is 5.75 Å². The highest BCUT2D eigenvalue weighted by atomic mass is 32.2. The first-order chi connectivity index (χ1) is 14.1. The molecule has 2 aromatic carbocycles. The average Bonchev–Trinajstić information content (AvgIpc) is 2.73. The van der Waals surface area contributed by atoms with Crippen molar-refractivity contribution in [1.29, 1.82) is 0 Å². The molecule has 162 valence electrons. The van der Waals surface area contributed by atoms with Gasteiger partial charge in [0.05, 0.1) is 10.5 Å². The Morgan fingerprint density at radius 2 is 1.73 bits per heavy atom. The van der Waals surface area contributed by atoms with Gasteiger partial charge in [0.15, 0.2) is 0 Å². The van der Waals surface area contributed by atoms with Gasteiger partial charge in [-0.2, -0.15) is 13.2 Å². The number of nitrogens with one attached hydrogen (secondary N) is 1. The van der Waals surface area contributed by atoms with Crippen LogP contribution in [0.3, 0.4) is 0 Å². The zero-order chi connectivity index (χ0) is 21.8. The number of halogens is 3. The molecule has 3 rings (SSSR count). The number of hydrogen-bond donors (Lipinski definition) is 1. The molecule has 0 aromatic heterocycles. The molecule has 2 aromatic rings. The van der Waals surface area contributed by atoms with Gasteiger partial charge in [-0.15, -0.1) is 0 Å². The molecular formula is C20H21F3N2O4S. The summed E-state index contributed by atoms with van der Waals surface area (Å²) in [6.45, 7) is 0.892. The summed E-state index contributed by atoms with van der Waals surface area (Å²) < 4.78 is 70.8. The van der Waals surface area contributed by atoms with Gasteiger partial charge in [-0.1, -0.05) is 24.3 Å². The van der Waals surface area contributed by atoms with Crippen LogP contribution in [0.25, 0.3) is 0 Å². The van der Waals surface area contributed by atoms with Gasteiger partial charge in [0.25, 0.3) is 0 Å². The van der Waals surface area contributed by atoms with E-state index in [1.165, 1.54) is 0 Å². The first-order valence-electron chi connectivity index (χ1n) is 9.34. The number of nitrogens with zero attached hydrogens (tertiary/aromatic N) is 1. The minimum absolute atomic E-state index is 0.0358. The van der Waals surface area contributed by atoms with Crippen LogP contribution in [-0.4, -0.2) is 39.0 Å². The molecule has 1 aliphatic rings. The van der Waals surface area contributed by atoms with Gasteiger partial charge in [0.1, 0.15) is 5.75 Å². The molecule has 0 atom stereocenters. The number of piperidine rings is 1. The predicted octanol–water partition coefficient (Wildman–Crippen LogP) is 3.89. The second-order valence-corrected chi connectivity index (χ2v) is 8.76. The lowest BCUT2D eigenvalue weighted by Gasteiger charge is -2.31. The Balaban J connectivity index is 1.51. The van der Waals surface area contributed by atoms with E-state index in [1.54, 1.807) is 29.2 Å². The van der Waals surface area contributed by atoms with Gasteiger partial charge in [-0.25, -0.2) is 17.9 Å². The Morgan fingerprint density at radius 3 is 2.37 bits per heavy atom. The summed E-state index contributed by atoms with van der Waals surface area (Å²) in [7, 11) is -4.07. The number of carbonyl (C=O) groups excluding carboxylic acids is 1. The van der Waals surface area contributed by atoms with E-state index >= 15 is 0 Å². The summed E-state index contributed by atoms with van der Waals surface area (Å²) in [6.07, 6.45) is -3.99. The Labute approximate surface area is 172 Å². The fraction of sp³-hybridized carbons (Fsp3) is 0.350. The highest BCUT2D eigenvalue weighted by Crippen LogP contribution is 2.30. The van der Waals surface area contributed by atoms with Crippen molar-refractivity contribution in [2.24, 2.45) is 5.92 Å². The Morgan fingerprint density at radius 1 is 1.07 bits per heavy atom. The quantitative estimate of drug-likeness (QED) is 0.762. The number of likely N-dealkylation sites (tertiary alicyclic amines) is 1. The number of sulfonamides is 1. The number of carbonyl (C=O) groups is 1. The molecule has 1 heterocycles. The number of alkyl halides is 3. The Bertz CT molecular complexity index is 973. The summed E-state index contributed by atoms with van der Waals surface area (Å²) in [5.74, 6) is 0.407. The van der Waals surface area contributed by atoms with Gasteiger partial charge >= 0.3 is 12.3 Å². The second-order valence-electron chi connectivity index (χ2n) is 6.99. The third kappa shape index (κ3) is 5.73. The third-order valence-corrected chi connectivity index (χ3v) is 6.28. The number of para-hydroxylation sites is 1. The molecular weight excluding hydrogens is 421 g/mol. The molecule has 0 unspecified atom stereocenters. The molecule has 1 amide bonds. The maximum absolute atomic E-state index is 12.8. The van der Waals surface area contributed by atoms with Crippen LogP contribution >= 0.6 is 0 Å². The summed E-state index contributed by atoms with van der Waals surface area (Å²) in [5.41, 5.74) is -1.02. The van der Waals surface area contributed by atoms with E-state index < -0.39 is 32.8 Å². The molecule has 1 fully saturated rings. The maximum atomic E-state index is 12.8. The summed E-state index contributed by atoms with van der Waals surface area (Å²) in [6, 6.07) is 12.3. The lowest BCUT2D eigenvalue weighted by atomic mass is 9.97. The van der Waals surface area contributed by atoms with Crippen LogP contribution in [0.4, 0.5) is 18.0 Å². The molecule has 0 radical (unpaired) electrons. The average molecular weight is 442 g/mol. The van der Waals surface area contributed by atoms with Crippen LogP contribution < -0.4 is 9.46 Å². The topological polar surface area (TPSA) is 75.7 Å².